The van der Waals surface area contributed by atoms with E-state index in [0.717, 1.165) is 6.54 Å². The highest BCUT2D eigenvalue weighted by Crippen LogP contribution is 2.37. The van der Waals surface area contributed by atoms with Gasteiger partial charge in [-0.25, -0.2) is 0 Å². The van der Waals surface area contributed by atoms with Gasteiger partial charge in [-0.2, -0.15) is 0 Å². The Hall–Kier alpha value is -1.70. The van der Waals surface area contributed by atoms with E-state index in [1.165, 1.54) is 40.1 Å². The Balaban J connectivity index is 2.44. The molecule has 2 heteroatoms. The molecular weight excluding hydrogens is 328 g/mol. The van der Waals surface area contributed by atoms with Crippen LogP contribution in [-0.4, -0.2) is 26.0 Å². The molecule has 0 aliphatic heterocycles. The zero-order chi connectivity index (χ0) is 20.5. The molecule has 0 saturated heterocycles. The summed E-state index contributed by atoms with van der Waals surface area (Å²) in [5.74, 6) is 1.76. The van der Waals surface area contributed by atoms with Crippen LogP contribution in [0, 0.1) is 18.8 Å². The molecule has 0 N–H and O–H groups in total. The number of anilines is 1. The average molecular weight is 369 g/mol. The fraction of sp³-hybridized carbons (Fsp3) is 0.600. The van der Waals surface area contributed by atoms with E-state index in [0.29, 0.717) is 17.8 Å². The van der Waals surface area contributed by atoms with Crippen LogP contribution in [0.25, 0.3) is 0 Å². The van der Waals surface area contributed by atoms with Crippen molar-refractivity contribution in [3.05, 3.63) is 51.7 Å². The number of hydrogen-bond donors (Lipinski definition) is 0. The normalized spacial score (nSPS) is 17.6. The summed E-state index contributed by atoms with van der Waals surface area (Å²) in [6, 6.07) is 4.67. The van der Waals surface area contributed by atoms with E-state index in [4.69, 9.17) is 0 Å². The molecule has 0 spiro atoms. The van der Waals surface area contributed by atoms with Crippen LogP contribution in [0.2, 0.25) is 0 Å². The van der Waals surface area contributed by atoms with Gasteiger partial charge in [0.2, 0.25) is 0 Å². The molecule has 1 aromatic rings. The zero-order valence-corrected chi connectivity index (χ0v) is 19.3. The smallest absolute Gasteiger partial charge is 0.0429 e. The van der Waals surface area contributed by atoms with Gasteiger partial charge in [0.15, 0.2) is 0 Å². The Morgan fingerprint density at radius 2 is 1.63 bits per heavy atom. The minimum atomic E-state index is 0.535. The highest BCUT2D eigenvalue weighted by atomic mass is 15.1. The topological polar surface area (TPSA) is 6.48 Å². The number of benzene rings is 1. The Morgan fingerprint density at radius 1 is 1.00 bits per heavy atom. The minimum absolute atomic E-state index is 0.535. The van der Waals surface area contributed by atoms with E-state index in [9.17, 15) is 0 Å². The van der Waals surface area contributed by atoms with Crippen LogP contribution in [0.3, 0.4) is 0 Å². The van der Waals surface area contributed by atoms with Gasteiger partial charge in [-0.3, -0.25) is 0 Å². The van der Waals surface area contributed by atoms with E-state index in [-0.39, 0.29) is 0 Å². The van der Waals surface area contributed by atoms with Crippen molar-refractivity contribution in [2.75, 3.05) is 26.0 Å². The third kappa shape index (κ3) is 4.59. The highest BCUT2D eigenvalue weighted by molar-refractivity contribution is 5.62. The van der Waals surface area contributed by atoms with Gasteiger partial charge in [0.1, 0.15) is 0 Å². The van der Waals surface area contributed by atoms with Crippen LogP contribution in [-0.2, 0) is 6.54 Å². The SMILES string of the molecule is CC1=CC(N(C)Cc2ccc(C(C)C)c(N(C)C)c2C)=C(C(C)C)C(C)C1. The molecule has 27 heavy (non-hydrogen) atoms. The molecule has 150 valence electrons. The van der Waals surface area contributed by atoms with Crippen LogP contribution in [0.4, 0.5) is 5.69 Å². The fourth-order valence-corrected chi connectivity index (χ4v) is 4.75. The van der Waals surface area contributed by atoms with Crippen LogP contribution >= 0.6 is 0 Å². The van der Waals surface area contributed by atoms with E-state index in [1.807, 2.05) is 0 Å². The molecule has 2 nitrogen and oxygen atoms in total. The van der Waals surface area contributed by atoms with Crippen LogP contribution in [0.1, 0.15) is 70.6 Å². The number of nitrogens with zero attached hydrogens (tertiary/aromatic N) is 2. The maximum absolute atomic E-state index is 2.46. The number of rotatable bonds is 6. The highest BCUT2D eigenvalue weighted by Gasteiger charge is 2.24. The predicted molar refractivity (Wildman–Crippen MR) is 120 cm³/mol. The first-order valence-electron chi connectivity index (χ1n) is 10.5. The van der Waals surface area contributed by atoms with E-state index in [1.54, 1.807) is 5.57 Å². The summed E-state index contributed by atoms with van der Waals surface area (Å²) in [4.78, 5) is 4.74. The fourth-order valence-electron chi connectivity index (χ4n) is 4.75. The third-order valence-electron chi connectivity index (χ3n) is 5.92. The summed E-state index contributed by atoms with van der Waals surface area (Å²) >= 11 is 0. The third-order valence-corrected chi connectivity index (χ3v) is 5.92. The molecule has 0 radical (unpaired) electrons. The van der Waals surface area contributed by atoms with Crippen LogP contribution < -0.4 is 4.90 Å². The first-order chi connectivity index (χ1) is 12.5. The zero-order valence-electron chi connectivity index (χ0n) is 19.3. The second-order valence-electron chi connectivity index (χ2n) is 9.28. The molecule has 1 unspecified atom stereocenters. The van der Waals surface area contributed by atoms with Gasteiger partial charge in [-0.1, -0.05) is 52.3 Å². The summed E-state index contributed by atoms with van der Waals surface area (Å²) in [5.41, 5.74) is 10.2. The summed E-state index contributed by atoms with van der Waals surface area (Å²) in [5, 5.41) is 0. The van der Waals surface area contributed by atoms with Gasteiger partial charge in [0, 0.05) is 39.1 Å². The van der Waals surface area contributed by atoms with Gasteiger partial charge in [-0.15, -0.1) is 0 Å². The summed E-state index contributed by atoms with van der Waals surface area (Å²) in [7, 11) is 6.58. The molecule has 2 rings (SSSR count). The van der Waals surface area contributed by atoms with Gasteiger partial charge in [0.05, 0.1) is 0 Å². The minimum Gasteiger partial charge on any atom is -0.377 e. The first-order valence-corrected chi connectivity index (χ1v) is 10.5. The Morgan fingerprint density at radius 3 is 2.15 bits per heavy atom. The summed E-state index contributed by atoms with van der Waals surface area (Å²) < 4.78 is 0. The first kappa shape index (κ1) is 21.6. The van der Waals surface area contributed by atoms with E-state index in [2.05, 4.69) is 97.6 Å². The second-order valence-corrected chi connectivity index (χ2v) is 9.28. The quantitative estimate of drug-likeness (QED) is 0.564. The van der Waals surface area contributed by atoms with Crippen molar-refractivity contribution in [1.29, 1.82) is 0 Å². The van der Waals surface area contributed by atoms with E-state index < -0.39 is 0 Å². The van der Waals surface area contributed by atoms with Crippen molar-refractivity contribution in [3.8, 4) is 0 Å². The number of likely N-dealkylation sites (N-methyl/N-ethyl adjacent to an activating group) is 1. The molecule has 1 aromatic carbocycles. The molecule has 0 bridgehead atoms. The molecule has 1 aliphatic carbocycles. The largest absolute Gasteiger partial charge is 0.377 e. The van der Waals surface area contributed by atoms with Gasteiger partial charge < -0.3 is 9.80 Å². The number of hydrogen-bond acceptors (Lipinski definition) is 2. The Kier molecular flexibility index (Phi) is 6.83. The van der Waals surface area contributed by atoms with Crippen molar-refractivity contribution < 1.29 is 0 Å². The van der Waals surface area contributed by atoms with E-state index >= 15 is 0 Å². The summed E-state index contributed by atoms with van der Waals surface area (Å²) in [6.07, 6.45) is 3.61. The van der Waals surface area contributed by atoms with Gasteiger partial charge in [0.25, 0.3) is 0 Å². The van der Waals surface area contributed by atoms with Crippen molar-refractivity contribution in [2.24, 2.45) is 11.8 Å². The Bertz CT molecular complexity index is 735. The van der Waals surface area contributed by atoms with Crippen LogP contribution in [0.5, 0.6) is 0 Å². The van der Waals surface area contributed by atoms with Crippen molar-refractivity contribution in [3.63, 3.8) is 0 Å². The van der Waals surface area contributed by atoms with Crippen molar-refractivity contribution in [1.82, 2.24) is 4.90 Å². The molecule has 0 heterocycles. The van der Waals surface area contributed by atoms with Crippen molar-refractivity contribution >= 4 is 5.69 Å². The standard InChI is InChI=1S/C25H40N2/c1-16(2)22-12-11-21(20(7)25(22)26(8)9)15-27(10)23-14-18(5)13-19(6)24(23)17(3)4/h11-12,14,16-17,19H,13,15H2,1-10H3. The lowest BCUT2D eigenvalue weighted by Crippen LogP contribution is -2.25. The van der Waals surface area contributed by atoms with Crippen LogP contribution in [0.15, 0.2) is 35.1 Å². The van der Waals surface area contributed by atoms with Crippen molar-refractivity contribution in [2.45, 2.75) is 67.3 Å². The second kappa shape index (κ2) is 8.54. The maximum Gasteiger partial charge on any atom is 0.0429 e. The molecule has 0 amide bonds. The monoisotopic (exact) mass is 368 g/mol. The summed E-state index contributed by atoms with van der Waals surface area (Å²) in [6.45, 7) is 17.1. The lowest BCUT2D eigenvalue weighted by molar-refractivity contribution is 0.393. The molecule has 0 saturated carbocycles. The Labute approximate surface area is 167 Å². The number of allylic oxidation sites excluding steroid dienone is 3. The predicted octanol–water partition coefficient (Wildman–Crippen LogP) is 6.51. The molecule has 0 aromatic heterocycles. The lowest BCUT2D eigenvalue weighted by Gasteiger charge is -2.34. The van der Waals surface area contributed by atoms with Gasteiger partial charge >= 0.3 is 0 Å². The molecular formula is C25H40N2. The van der Waals surface area contributed by atoms with Gasteiger partial charge in [-0.05, 0) is 66.4 Å². The average Bonchev–Trinajstić information content (AvgIpc) is 2.54. The molecule has 1 atom stereocenters. The molecule has 0 fully saturated rings. The maximum atomic E-state index is 2.46. The lowest BCUT2D eigenvalue weighted by atomic mass is 9.81. The molecule has 1 aliphatic rings.